The number of carbonyl (C=O) groups excluding carboxylic acids is 1. The molecule has 1 aromatic rings. The zero-order valence-corrected chi connectivity index (χ0v) is 11.3. The first-order valence-electron chi connectivity index (χ1n) is 6.38. The molecule has 17 heavy (non-hydrogen) atoms. The summed E-state index contributed by atoms with van der Waals surface area (Å²) < 4.78 is 0. The second kappa shape index (κ2) is 5.22. The maximum atomic E-state index is 12.3. The van der Waals surface area contributed by atoms with Crippen LogP contribution in [-0.2, 0) is 0 Å². The second-order valence-corrected chi connectivity index (χ2v) is 5.69. The third-order valence-electron chi connectivity index (χ3n) is 3.83. The molecule has 0 heterocycles. The van der Waals surface area contributed by atoms with Gasteiger partial charge in [0.2, 0.25) is 0 Å². The minimum Gasteiger partial charge on any atom is -0.294 e. The fraction of sp³-hybridized carbons (Fsp3) is 0.533. The van der Waals surface area contributed by atoms with Gasteiger partial charge in [0.25, 0.3) is 0 Å². The van der Waals surface area contributed by atoms with Gasteiger partial charge in [-0.2, -0.15) is 0 Å². The van der Waals surface area contributed by atoms with Crippen LogP contribution in [0.25, 0.3) is 0 Å². The van der Waals surface area contributed by atoms with Gasteiger partial charge >= 0.3 is 0 Å². The summed E-state index contributed by atoms with van der Waals surface area (Å²) in [6, 6.07) is 5.61. The quantitative estimate of drug-likeness (QED) is 0.698. The summed E-state index contributed by atoms with van der Waals surface area (Å²) in [7, 11) is 0. The Morgan fingerprint density at radius 1 is 1.24 bits per heavy atom. The van der Waals surface area contributed by atoms with Crippen LogP contribution in [0.3, 0.4) is 0 Å². The predicted octanol–water partition coefficient (Wildman–Crippen LogP) is 4.66. The van der Waals surface area contributed by atoms with Crippen molar-refractivity contribution in [3.63, 3.8) is 0 Å². The zero-order valence-electron chi connectivity index (χ0n) is 10.5. The van der Waals surface area contributed by atoms with Crippen LogP contribution in [0.2, 0.25) is 5.02 Å². The molecular formula is C15H19ClO. The fourth-order valence-electron chi connectivity index (χ4n) is 2.56. The van der Waals surface area contributed by atoms with Crippen molar-refractivity contribution in [3.8, 4) is 0 Å². The van der Waals surface area contributed by atoms with Crippen molar-refractivity contribution in [1.82, 2.24) is 0 Å². The Labute approximate surface area is 108 Å². The van der Waals surface area contributed by atoms with Crippen molar-refractivity contribution in [1.29, 1.82) is 0 Å². The molecule has 1 aliphatic rings. The summed E-state index contributed by atoms with van der Waals surface area (Å²) in [4.78, 5) is 12.3. The van der Waals surface area contributed by atoms with E-state index in [4.69, 9.17) is 11.6 Å². The Morgan fingerprint density at radius 3 is 2.47 bits per heavy atom. The summed E-state index contributed by atoms with van der Waals surface area (Å²) in [6.07, 6.45) is 4.45. The van der Waals surface area contributed by atoms with E-state index in [-0.39, 0.29) is 5.92 Å². The molecule has 0 saturated heterocycles. The minimum absolute atomic E-state index is 0.228. The molecule has 2 rings (SSSR count). The molecule has 1 aromatic carbocycles. The van der Waals surface area contributed by atoms with E-state index in [1.54, 1.807) is 0 Å². The number of halogens is 1. The van der Waals surface area contributed by atoms with Gasteiger partial charge in [0.05, 0.1) is 0 Å². The average molecular weight is 251 g/mol. The van der Waals surface area contributed by atoms with Gasteiger partial charge in [-0.15, -0.1) is 0 Å². The van der Waals surface area contributed by atoms with Gasteiger partial charge in [-0.3, -0.25) is 4.79 Å². The predicted molar refractivity (Wildman–Crippen MR) is 71.6 cm³/mol. The molecule has 1 saturated carbocycles. The van der Waals surface area contributed by atoms with E-state index in [0.29, 0.717) is 5.78 Å². The Kier molecular flexibility index (Phi) is 3.88. The molecule has 1 nitrogen and oxygen atoms in total. The van der Waals surface area contributed by atoms with E-state index in [9.17, 15) is 4.79 Å². The highest BCUT2D eigenvalue weighted by Crippen LogP contribution is 2.31. The number of aryl methyl sites for hydroxylation is 1. The molecule has 92 valence electrons. The highest BCUT2D eigenvalue weighted by molar-refractivity contribution is 6.31. The van der Waals surface area contributed by atoms with Gasteiger partial charge in [-0.1, -0.05) is 31.4 Å². The SMILES string of the molecule is Cc1cc(C(=O)C2CCC(C)CC2)ccc1Cl. The van der Waals surface area contributed by atoms with Crippen LogP contribution in [0.15, 0.2) is 18.2 Å². The molecule has 0 aliphatic heterocycles. The van der Waals surface area contributed by atoms with Gasteiger partial charge in [0.15, 0.2) is 5.78 Å². The molecule has 1 aliphatic carbocycles. The standard InChI is InChI=1S/C15H19ClO/c1-10-3-5-12(6-4-10)15(17)13-7-8-14(16)11(2)9-13/h7-10,12H,3-6H2,1-2H3. The number of carbonyl (C=O) groups is 1. The first kappa shape index (κ1) is 12.6. The molecule has 0 unspecified atom stereocenters. The van der Waals surface area contributed by atoms with Crippen molar-refractivity contribution < 1.29 is 4.79 Å². The van der Waals surface area contributed by atoms with E-state index in [2.05, 4.69) is 6.92 Å². The van der Waals surface area contributed by atoms with Crippen LogP contribution < -0.4 is 0 Å². The molecule has 0 N–H and O–H groups in total. The number of Topliss-reactive ketones (excluding diaryl/α,β-unsaturated/α-hetero) is 1. The molecule has 0 spiro atoms. The number of benzene rings is 1. The lowest BCUT2D eigenvalue weighted by Gasteiger charge is -2.25. The van der Waals surface area contributed by atoms with Crippen molar-refractivity contribution in [2.45, 2.75) is 39.5 Å². The number of ketones is 1. The molecule has 0 aromatic heterocycles. The third-order valence-corrected chi connectivity index (χ3v) is 4.25. The van der Waals surface area contributed by atoms with Gasteiger partial charge in [0, 0.05) is 16.5 Å². The lowest BCUT2D eigenvalue weighted by Crippen LogP contribution is -2.21. The summed E-state index contributed by atoms with van der Waals surface area (Å²) in [5.74, 6) is 1.31. The van der Waals surface area contributed by atoms with Crippen molar-refractivity contribution in [2.24, 2.45) is 11.8 Å². The molecule has 0 amide bonds. The first-order chi connectivity index (χ1) is 8.08. The Bertz CT molecular complexity index is 417. The average Bonchev–Trinajstić information content (AvgIpc) is 2.33. The second-order valence-electron chi connectivity index (χ2n) is 5.29. The normalized spacial score (nSPS) is 24.6. The van der Waals surface area contributed by atoms with Crippen LogP contribution in [0.4, 0.5) is 0 Å². The van der Waals surface area contributed by atoms with Crippen molar-refractivity contribution in [3.05, 3.63) is 34.3 Å². The maximum Gasteiger partial charge on any atom is 0.165 e. The van der Waals surface area contributed by atoms with Crippen LogP contribution in [0, 0.1) is 18.8 Å². The van der Waals surface area contributed by atoms with E-state index < -0.39 is 0 Å². The van der Waals surface area contributed by atoms with Crippen LogP contribution in [0.1, 0.15) is 48.5 Å². The first-order valence-corrected chi connectivity index (χ1v) is 6.76. The molecular weight excluding hydrogens is 232 g/mol. The Hall–Kier alpha value is -0.820. The third kappa shape index (κ3) is 2.90. The zero-order chi connectivity index (χ0) is 12.4. The number of hydrogen-bond donors (Lipinski definition) is 0. The smallest absolute Gasteiger partial charge is 0.165 e. The highest BCUT2D eigenvalue weighted by Gasteiger charge is 2.25. The van der Waals surface area contributed by atoms with E-state index in [1.807, 2.05) is 25.1 Å². The van der Waals surface area contributed by atoms with Gasteiger partial charge in [-0.05, 0) is 49.4 Å². The molecule has 2 heteroatoms. The monoisotopic (exact) mass is 250 g/mol. The maximum absolute atomic E-state index is 12.3. The van der Waals surface area contributed by atoms with Crippen LogP contribution in [-0.4, -0.2) is 5.78 Å². The summed E-state index contributed by atoms with van der Waals surface area (Å²) in [6.45, 7) is 4.22. The highest BCUT2D eigenvalue weighted by atomic mass is 35.5. The minimum atomic E-state index is 0.228. The molecule has 0 radical (unpaired) electrons. The topological polar surface area (TPSA) is 17.1 Å². The van der Waals surface area contributed by atoms with Gasteiger partial charge in [0.1, 0.15) is 0 Å². The Balaban J connectivity index is 2.11. The lowest BCUT2D eigenvalue weighted by atomic mass is 9.79. The molecule has 0 bridgehead atoms. The molecule has 1 fully saturated rings. The van der Waals surface area contributed by atoms with Gasteiger partial charge in [-0.25, -0.2) is 0 Å². The summed E-state index contributed by atoms with van der Waals surface area (Å²) >= 11 is 5.98. The van der Waals surface area contributed by atoms with E-state index in [1.165, 1.54) is 12.8 Å². The number of hydrogen-bond acceptors (Lipinski definition) is 1. The van der Waals surface area contributed by atoms with E-state index in [0.717, 1.165) is 34.9 Å². The number of rotatable bonds is 2. The lowest BCUT2D eigenvalue weighted by molar-refractivity contribution is 0.0875. The van der Waals surface area contributed by atoms with Crippen LogP contribution in [0.5, 0.6) is 0 Å². The van der Waals surface area contributed by atoms with Gasteiger partial charge < -0.3 is 0 Å². The summed E-state index contributed by atoms with van der Waals surface area (Å²) in [5.41, 5.74) is 1.81. The van der Waals surface area contributed by atoms with E-state index >= 15 is 0 Å². The Morgan fingerprint density at radius 2 is 1.88 bits per heavy atom. The molecule has 0 atom stereocenters. The van der Waals surface area contributed by atoms with Crippen molar-refractivity contribution >= 4 is 17.4 Å². The fourth-order valence-corrected chi connectivity index (χ4v) is 2.67. The largest absolute Gasteiger partial charge is 0.294 e. The van der Waals surface area contributed by atoms with Crippen LogP contribution >= 0.6 is 11.6 Å². The summed E-state index contributed by atoms with van der Waals surface area (Å²) in [5, 5.41) is 0.735. The van der Waals surface area contributed by atoms with Crippen molar-refractivity contribution in [2.75, 3.05) is 0 Å².